The van der Waals surface area contributed by atoms with Crippen LogP contribution in [0.1, 0.15) is 39.5 Å². The molecule has 0 aliphatic carbocycles. The Labute approximate surface area is 128 Å². The predicted molar refractivity (Wildman–Crippen MR) is 90.1 cm³/mol. The Bertz CT molecular complexity index is 533. The van der Waals surface area contributed by atoms with E-state index < -0.39 is 0 Å². The summed E-state index contributed by atoms with van der Waals surface area (Å²) in [6, 6.07) is 8.52. The largest absolute Gasteiger partial charge is 0.493 e. The molecule has 0 saturated carbocycles. The number of ether oxygens (including phenoxy) is 1. The summed E-state index contributed by atoms with van der Waals surface area (Å²) in [5.41, 5.74) is 1.28. The van der Waals surface area contributed by atoms with Gasteiger partial charge in [-0.1, -0.05) is 19.9 Å². The second kappa shape index (κ2) is 8.73. The highest BCUT2D eigenvalue weighted by molar-refractivity contribution is 5.86. The molecule has 0 fully saturated rings. The van der Waals surface area contributed by atoms with Gasteiger partial charge in [-0.3, -0.25) is 0 Å². The van der Waals surface area contributed by atoms with Gasteiger partial charge >= 0.3 is 0 Å². The van der Waals surface area contributed by atoms with Gasteiger partial charge in [0.05, 0.1) is 12.1 Å². The van der Waals surface area contributed by atoms with Crippen molar-refractivity contribution < 1.29 is 4.74 Å². The van der Waals surface area contributed by atoms with Crippen LogP contribution in [0.25, 0.3) is 10.9 Å². The van der Waals surface area contributed by atoms with Crippen molar-refractivity contribution in [3.05, 3.63) is 30.5 Å². The summed E-state index contributed by atoms with van der Waals surface area (Å²) in [5, 5.41) is 4.69. The Morgan fingerprint density at radius 2 is 1.95 bits per heavy atom. The van der Waals surface area contributed by atoms with Crippen molar-refractivity contribution in [3.63, 3.8) is 0 Å². The zero-order valence-corrected chi connectivity index (χ0v) is 13.4. The van der Waals surface area contributed by atoms with Crippen LogP contribution in [0, 0.1) is 0 Å². The molecule has 1 aromatic heterocycles. The highest BCUT2D eigenvalue weighted by atomic mass is 16.5. The standard InChI is InChI=1S/C18H28N2O/c1-3-11-19-12-5-6-13-20-14-10-16-17(20)8-7-9-18(16)21-15-4-2/h7-10,14,19H,3-6,11-13,15H2,1-2H3. The minimum atomic E-state index is 0.785. The summed E-state index contributed by atoms with van der Waals surface area (Å²) in [6.07, 6.45) is 6.87. The SMILES string of the molecule is CCCNCCCCn1ccc2c(OCCC)cccc21. The van der Waals surface area contributed by atoms with Crippen LogP contribution in [0.4, 0.5) is 0 Å². The smallest absolute Gasteiger partial charge is 0.128 e. The van der Waals surface area contributed by atoms with Crippen LogP contribution in [0.5, 0.6) is 5.75 Å². The first-order valence-electron chi connectivity index (χ1n) is 8.28. The van der Waals surface area contributed by atoms with Gasteiger partial charge in [0.15, 0.2) is 0 Å². The van der Waals surface area contributed by atoms with E-state index in [1.54, 1.807) is 0 Å². The number of fused-ring (bicyclic) bond motifs is 1. The van der Waals surface area contributed by atoms with E-state index in [-0.39, 0.29) is 0 Å². The molecule has 3 nitrogen and oxygen atoms in total. The van der Waals surface area contributed by atoms with Gasteiger partial charge in [0, 0.05) is 18.1 Å². The quantitative estimate of drug-likeness (QED) is 0.663. The summed E-state index contributed by atoms with van der Waals surface area (Å²) in [7, 11) is 0. The highest BCUT2D eigenvalue weighted by Gasteiger charge is 2.06. The summed E-state index contributed by atoms with van der Waals surface area (Å²) in [6.45, 7) is 8.46. The normalized spacial score (nSPS) is 11.1. The van der Waals surface area contributed by atoms with Crippen molar-refractivity contribution in [2.45, 2.75) is 46.1 Å². The van der Waals surface area contributed by atoms with Gasteiger partial charge in [0.2, 0.25) is 0 Å². The summed E-state index contributed by atoms with van der Waals surface area (Å²) < 4.78 is 8.17. The molecule has 0 amide bonds. The number of benzene rings is 1. The third-order valence-corrected chi connectivity index (χ3v) is 3.66. The van der Waals surface area contributed by atoms with Gasteiger partial charge in [0.1, 0.15) is 5.75 Å². The third kappa shape index (κ3) is 4.50. The van der Waals surface area contributed by atoms with Crippen molar-refractivity contribution in [1.29, 1.82) is 0 Å². The van der Waals surface area contributed by atoms with Crippen molar-refractivity contribution in [2.24, 2.45) is 0 Å². The van der Waals surface area contributed by atoms with Crippen LogP contribution in [0.15, 0.2) is 30.5 Å². The lowest BCUT2D eigenvalue weighted by molar-refractivity contribution is 0.321. The molecule has 0 aliphatic rings. The number of nitrogens with one attached hydrogen (secondary N) is 1. The number of aryl methyl sites for hydroxylation is 1. The van der Waals surface area contributed by atoms with E-state index in [2.05, 4.69) is 54.2 Å². The van der Waals surface area contributed by atoms with E-state index in [0.29, 0.717) is 0 Å². The monoisotopic (exact) mass is 288 g/mol. The number of rotatable bonds is 10. The molecule has 0 atom stereocenters. The number of unbranched alkanes of at least 4 members (excludes halogenated alkanes) is 1. The fourth-order valence-corrected chi connectivity index (χ4v) is 2.56. The Morgan fingerprint density at radius 3 is 2.76 bits per heavy atom. The zero-order chi connectivity index (χ0) is 14.9. The van der Waals surface area contributed by atoms with E-state index in [9.17, 15) is 0 Å². The van der Waals surface area contributed by atoms with E-state index in [1.807, 2.05) is 0 Å². The van der Waals surface area contributed by atoms with Gasteiger partial charge < -0.3 is 14.6 Å². The zero-order valence-electron chi connectivity index (χ0n) is 13.4. The lowest BCUT2D eigenvalue weighted by Gasteiger charge is -2.08. The molecule has 1 N–H and O–H groups in total. The first kappa shape index (κ1) is 15.9. The second-order valence-electron chi connectivity index (χ2n) is 5.50. The van der Waals surface area contributed by atoms with Crippen LogP contribution in [-0.2, 0) is 6.54 Å². The van der Waals surface area contributed by atoms with Gasteiger partial charge in [-0.2, -0.15) is 0 Å². The Kier molecular flexibility index (Phi) is 6.61. The molecule has 0 radical (unpaired) electrons. The molecule has 0 saturated heterocycles. The molecular weight excluding hydrogens is 260 g/mol. The van der Waals surface area contributed by atoms with Gasteiger partial charge in [-0.15, -0.1) is 0 Å². The summed E-state index contributed by atoms with van der Waals surface area (Å²) >= 11 is 0. The maximum Gasteiger partial charge on any atom is 0.128 e. The maximum absolute atomic E-state index is 5.83. The third-order valence-electron chi connectivity index (χ3n) is 3.66. The Balaban J connectivity index is 1.92. The second-order valence-corrected chi connectivity index (χ2v) is 5.50. The molecule has 1 heterocycles. The first-order chi connectivity index (χ1) is 10.4. The average Bonchev–Trinajstić information content (AvgIpc) is 2.92. The fourth-order valence-electron chi connectivity index (χ4n) is 2.56. The molecule has 0 aliphatic heterocycles. The molecule has 116 valence electrons. The molecule has 0 unspecified atom stereocenters. The summed E-state index contributed by atoms with van der Waals surface area (Å²) in [5.74, 6) is 1.01. The summed E-state index contributed by atoms with van der Waals surface area (Å²) in [4.78, 5) is 0. The molecule has 0 spiro atoms. The molecule has 2 rings (SSSR count). The number of hydrogen-bond acceptors (Lipinski definition) is 2. The Hall–Kier alpha value is -1.48. The van der Waals surface area contributed by atoms with Crippen LogP contribution >= 0.6 is 0 Å². The lowest BCUT2D eigenvalue weighted by Crippen LogP contribution is -2.16. The molecule has 21 heavy (non-hydrogen) atoms. The van der Waals surface area contributed by atoms with E-state index in [4.69, 9.17) is 4.74 Å². The average molecular weight is 288 g/mol. The minimum absolute atomic E-state index is 0.785. The Morgan fingerprint density at radius 1 is 1.05 bits per heavy atom. The molecule has 0 bridgehead atoms. The first-order valence-corrected chi connectivity index (χ1v) is 8.28. The van der Waals surface area contributed by atoms with Crippen LogP contribution in [0.3, 0.4) is 0 Å². The van der Waals surface area contributed by atoms with Crippen molar-refractivity contribution in [3.8, 4) is 5.75 Å². The number of nitrogens with zero attached hydrogens (tertiary/aromatic N) is 1. The maximum atomic E-state index is 5.83. The van der Waals surface area contributed by atoms with Crippen LogP contribution in [-0.4, -0.2) is 24.3 Å². The van der Waals surface area contributed by atoms with Crippen molar-refractivity contribution >= 4 is 10.9 Å². The van der Waals surface area contributed by atoms with E-state index in [1.165, 1.54) is 30.2 Å². The minimum Gasteiger partial charge on any atom is -0.493 e. The van der Waals surface area contributed by atoms with Crippen LogP contribution in [0.2, 0.25) is 0 Å². The van der Waals surface area contributed by atoms with Crippen molar-refractivity contribution in [1.82, 2.24) is 9.88 Å². The van der Waals surface area contributed by atoms with Crippen molar-refractivity contribution in [2.75, 3.05) is 19.7 Å². The topological polar surface area (TPSA) is 26.2 Å². The highest BCUT2D eigenvalue weighted by Crippen LogP contribution is 2.27. The number of aromatic nitrogens is 1. The lowest BCUT2D eigenvalue weighted by atomic mass is 10.2. The van der Waals surface area contributed by atoms with Gasteiger partial charge in [-0.05, 0) is 57.0 Å². The van der Waals surface area contributed by atoms with E-state index >= 15 is 0 Å². The molecule has 3 heteroatoms. The van der Waals surface area contributed by atoms with Gasteiger partial charge in [0.25, 0.3) is 0 Å². The number of hydrogen-bond donors (Lipinski definition) is 1. The molecule has 1 aromatic carbocycles. The van der Waals surface area contributed by atoms with Crippen LogP contribution < -0.4 is 10.1 Å². The van der Waals surface area contributed by atoms with Gasteiger partial charge in [-0.25, -0.2) is 0 Å². The molecular formula is C18H28N2O. The van der Waals surface area contributed by atoms with E-state index in [0.717, 1.165) is 38.4 Å². The predicted octanol–water partition coefficient (Wildman–Crippen LogP) is 4.21. The molecule has 2 aromatic rings. The fraction of sp³-hybridized carbons (Fsp3) is 0.556.